The number of carbonyl (C=O) groups is 1. The number of thioether (sulfide) groups is 1. The lowest BCUT2D eigenvalue weighted by molar-refractivity contribution is 0.0786. The number of aromatic hydroxyl groups is 1. The lowest BCUT2D eigenvalue weighted by Gasteiger charge is -2.45. The molecule has 0 fully saturated rings. The van der Waals surface area contributed by atoms with E-state index < -0.39 is 16.6 Å². The fourth-order valence-corrected chi connectivity index (χ4v) is 5.53. The number of hydrogen-bond acceptors (Lipinski definition) is 6. The van der Waals surface area contributed by atoms with Gasteiger partial charge >= 0.3 is 0 Å². The zero-order valence-electron chi connectivity index (χ0n) is 17.6. The molecule has 1 aromatic carbocycles. The molecule has 2 aromatic heterocycles. The van der Waals surface area contributed by atoms with E-state index in [0.29, 0.717) is 6.54 Å². The Balaban J connectivity index is 1.81. The number of carbonyl (C=O) groups excluding carboxylic acids is 1. The van der Waals surface area contributed by atoms with E-state index in [2.05, 4.69) is 23.2 Å². The molecule has 0 saturated heterocycles. The topological polar surface area (TPSA) is 75.4 Å². The van der Waals surface area contributed by atoms with E-state index in [1.165, 1.54) is 6.07 Å². The highest BCUT2D eigenvalue weighted by molar-refractivity contribution is 7.98. The first-order valence-electron chi connectivity index (χ1n) is 10.2. The minimum absolute atomic E-state index is 0.0414. The van der Waals surface area contributed by atoms with Gasteiger partial charge in [0.05, 0.1) is 11.7 Å². The summed E-state index contributed by atoms with van der Waals surface area (Å²) in [6.07, 6.45) is 1.59. The number of fused-ring (bicyclic) bond motifs is 3. The summed E-state index contributed by atoms with van der Waals surface area (Å²) in [6, 6.07) is 13.5. The Morgan fingerprint density at radius 1 is 1.10 bits per heavy atom. The molecule has 5 rings (SSSR count). The van der Waals surface area contributed by atoms with E-state index in [-0.39, 0.29) is 17.5 Å². The maximum Gasteiger partial charge on any atom is 0.224 e. The number of nitrogens with zero attached hydrogens (tertiary/aromatic N) is 3. The van der Waals surface area contributed by atoms with Gasteiger partial charge in [-0.1, -0.05) is 38.1 Å². The van der Waals surface area contributed by atoms with Gasteiger partial charge in [-0.3, -0.25) is 24.3 Å². The fourth-order valence-electron chi connectivity index (χ4n) is 4.49. The van der Waals surface area contributed by atoms with Crippen LogP contribution in [0.2, 0.25) is 0 Å². The highest BCUT2D eigenvalue weighted by atomic mass is 32.2. The van der Waals surface area contributed by atoms with Gasteiger partial charge in [0.2, 0.25) is 5.43 Å². The average molecular weight is 434 g/mol. The van der Waals surface area contributed by atoms with Gasteiger partial charge in [-0.2, -0.15) is 0 Å². The third-order valence-electron chi connectivity index (χ3n) is 6.04. The molecule has 7 heteroatoms. The first kappa shape index (κ1) is 19.9. The average Bonchev–Trinajstić information content (AvgIpc) is 2.89. The van der Waals surface area contributed by atoms with E-state index in [1.807, 2.05) is 39.0 Å². The van der Waals surface area contributed by atoms with Crippen LogP contribution in [0.1, 0.15) is 52.9 Å². The molecular weight excluding hydrogens is 410 g/mol. The van der Waals surface area contributed by atoms with Crippen LogP contribution in [-0.4, -0.2) is 27.1 Å². The van der Waals surface area contributed by atoms with Gasteiger partial charge in [-0.05, 0) is 24.6 Å². The molecule has 0 spiro atoms. The summed E-state index contributed by atoms with van der Waals surface area (Å²) < 4.78 is 1.66. The Labute approximate surface area is 184 Å². The lowest BCUT2D eigenvalue weighted by Crippen LogP contribution is -2.54. The van der Waals surface area contributed by atoms with Gasteiger partial charge in [0, 0.05) is 46.1 Å². The van der Waals surface area contributed by atoms with Gasteiger partial charge in [0.1, 0.15) is 0 Å². The van der Waals surface area contributed by atoms with Gasteiger partial charge in [-0.15, -0.1) is 11.8 Å². The molecule has 2 aliphatic rings. The zero-order valence-corrected chi connectivity index (χ0v) is 18.4. The first-order valence-corrected chi connectivity index (χ1v) is 11.2. The molecule has 0 amide bonds. The second-order valence-electron chi connectivity index (χ2n) is 8.75. The molecule has 0 saturated carbocycles. The number of hydrogen-bond donors (Lipinski definition) is 1. The Bertz CT molecular complexity index is 1280. The van der Waals surface area contributed by atoms with E-state index in [0.717, 1.165) is 33.2 Å². The molecule has 0 bridgehead atoms. The van der Waals surface area contributed by atoms with Crippen molar-refractivity contribution < 1.29 is 9.90 Å². The summed E-state index contributed by atoms with van der Waals surface area (Å²) in [5, 5.41) is 12.6. The Hall–Kier alpha value is -3.06. The number of aryl methyl sites for hydroxylation is 1. The molecule has 0 aliphatic carbocycles. The largest absolute Gasteiger partial charge is 0.503 e. The van der Waals surface area contributed by atoms with E-state index in [9.17, 15) is 14.7 Å². The number of benzene rings is 1. The molecule has 158 valence electrons. The van der Waals surface area contributed by atoms with Crippen molar-refractivity contribution in [2.75, 3.05) is 11.6 Å². The summed E-state index contributed by atoms with van der Waals surface area (Å²) in [5.74, 6) is 0.0180. The number of aromatic nitrogens is 2. The second kappa shape index (κ2) is 6.99. The molecule has 6 nitrogen and oxygen atoms in total. The second-order valence-corrected chi connectivity index (χ2v) is 9.77. The highest BCUT2D eigenvalue weighted by Gasteiger charge is 2.44. The third-order valence-corrected chi connectivity index (χ3v) is 7.14. The highest BCUT2D eigenvalue weighted by Crippen LogP contribution is 2.44. The molecule has 1 unspecified atom stereocenters. The van der Waals surface area contributed by atoms with E-state index in [1.54, 1.807) is 22.6 Å². The number of Topliss-reactive ketones (excluding diaryl/α,β-unsaturated/α-hetero) is 1. The van der Waals surface area contributed by atoms with E-state index in [4.69, 9.17) is 4.98 Å². The van der Waals surface area contributed by atoms with Crippen molar-refractivity contribution in [2.24, 2.45) is 5.41 Å². The predicted molar refractivity (Wildman–Crippen MR) is 120 cm³/mol. The molecule has 4 heterocycles. The van der Waals surface area contributed by atoms with E-state index >= 15 is 0 Å². The first-order chi connectivity index (χ1) is 14.8. The van der Waals surface area contributed by atoms with Crippen LogP contribution < -0.4 is 10.4 Å². The smallest absolute Gasteiger partial charge is 0.224 e. The van der Waals surface area contributed by atoms with Crippen LogP contribution in [0.25, 0.3) is 0 Å². The monoisotopic (exact) mass is 433 g/mol. The minimum Gasteiger partial charge on any atom is -0.503 e. The summed E-state index contributed by atoms with van der Waals surface area (Å²) in [6.45, 7) is 6.12. The standard InChI is InChI=1S/C24H23N3O3S/c1-14-8-9-15-17(25-14)12-31-19-7-5-4-6-16(19)20(15)27-13-24(2,3)23(30)21-22(29)18(28)10-11-26(21)27/h4-11,20,29H,12-13H2,1-3H3. The van der Waals surface area contributed by atoms with Crippen molar-refractivity contribution in [1.29, 1.82) is 0 Å². The molecule has 3 aromatic rings. The van der Waals surface area contributed by atoms with Crippen molar-refractivity contribution >= 4 is 17.5 Å². The van der Waals surface area contributed by atoms with Gasteiger partial charge < -0.3 is 5.11 Å². The van der Waals surface area contributed by atoms with Crippen molar-refractivity contribution in [3.05, 3.63) is 87.1 Å². The van der Waals surface area contributed by atoms with Gasteiger partial charge in [-0.25, -0.2) is 0 Å². The molecule has 31 heavy (non-hydrogen) atoms. The third kappa shape index (κ3) is 3.07. The summed E-state index contributed by atoms with van der Waals surface area (Å²) in [7, 11) is 0. The van der Waals surface area contributed by atoms with Crippen molar-refractivity contribution in [3.63, 3.8) is 0 Å². The van der Waals surface area contributed by atoms with Gasteiger partial charge in [0.15, 0.2) is 17.2 Å². The number of rotatable bonds is 1. The summed E-state index contributed by atoms with van der Waals surface area (Å²) in [5.41, 5.74) is 2.86. The Kier molecular flexibility index (Phi) is 4.48. The minimum atomic E-state index is -0.780. The van der Waals surface area contributed by atoms with Crippen LogP contribution >= 0.6 is 11.8 Å². The maximum absolute atomic E-state index is 13.2. The molecule has 1 atom stereocenters. The quantitative estimate of drug-likeness (QED) is 0.629. The van der Waals surface area contributed by atoms with Crippen LogP contribution in [0.4, 0.5) is 0 Å². The predicted octanol–water partition coefficient (Wildman–Crippen LogP) is 3.81. The van der Waals surface area contributed by atoms with Crippen LogP contribution in [0, 0.1) is 12.3 Å². The normalized spacial score (nSPS) is 19.3. The molecule has 2 aliphatic heterocycles. The number of pyridine rings is 2. The molecular formula is C24H23N3O3S. The zero-order chi connectivity index (χ0) is 21.9. The van der Waals surface area contributed by atoms with Crippen LogP contribution in [-0.2, 0) is 5.75 Å². The SMILES string of the molecule is Cc1ccc2c(n1)CSc1ccccc1C2N1CC(C)(C)C(=O)c2c(O)c(=O)ccn21. The molecule has 1 N–H and O–H groups in total. The van der Waals surface area contributed by atoms with Crippen LogP contribution in [0.3, 0.4) is 0 Å². The Morgan fingerprint density at radius 2 is 1.87 bits per heavy atom. The van der Waals surface area contributed by atoms with Gasteiger partial charge in [0.25, 0.3) is 0 Å². The van der Waals surface area contributed by atoms with Crippen molar-refractivity contribution in [3.8, 4) is 5.75 Å². The molecule has 0 radical (unpaired) electrons. The summed E-state index contributed by atoms with van der Waals surface area (Å²) in [4.78, 5) is 31.3. The number of ketones is 1. The van der Waals surface area contributed by atoms with Crippen LogP contribution in [0.5, 0.6) is 5.75 Å². The summed E-state index contributed by atoms with van der Waals surface area (Å²) >= 11 is 1.75. The van der Waals surface area contributed by atoms with Crippen molar-refractivity contribution in [2.45, 2.75) is 37.5 Å². The lowest BCUT2D eigenvalue weighted by atomic mass is 9.82. The maximum atomic E-state index is 13.2. The Morgan fingerprint density at radius 3 is 2.68 bits per heavy atom. The van der Waals surface area contributed by atoms with Crippen molar-refractivity contribution in [1.82, 2.24) is 9.66 Å². The fraction of sp³-hybridized carbons (Fsp3) is 0.292. The van der Waals surface area contributed by atoms with Crippen LogP contribution in [0.15, 0.2) is 58.4 Å².